The molecule has 0 aromatic carbocycles. The molecule has 94 valence electrons. The van der Waals surface area contributed by atoms with Crippen molar-refractivity contribution in [3.63, 3.8) is 0 Å². The van der Waals surface area contributed by atoms with Crippen molar-refractivity contribution in [1.29, 1.82) is 0 Å². The minimum absolute atomic E-state index is 0.0352. The van der Waals surface area contributed by atoms with Gasteiger partial charge in [0.05, 0.1) is 13.2 Å². The quantitative estimate of drug-likeness (QED) is 0.865. The molecule has 0 saturated carbocycles. The first-order valence-electron chi connectivity index (χ1n) is 5.76. The Balaban J connectivity index is 2.04. The summed E-state index contributed by atoms with van der Waals surface area (Å²) < 4.78 is 5.12. The number of carbonyl (C=O) groups is 1. The lowest BCUT2D eigenvalue weighted by atomic mass is 10.1. The van der Waals surface area contributed by atoms with Crippen molar-refractivity contribution in [2.45, 2.75) is 13.1 Å². The van der Waals surface area contributed by atoms with Crippen LogP contribution in [-0.2, 0) is 9.53 Å². The van der Waals surface area contributed by atoms with E-state index in [1.165, 1.54) is 5.56 Å². The molecule has 0 radical (unpaired) electrons. The van der Waals surface area contributed by atoms with Crippen LogP contribution >= 0.6 is 11.3 Å². The number of rotatable bonds is 5. The van der Waals surface area contributed by atoms with Crippen molar-refractivity contribution in [2.24, 2.45) is 5.92 Å². The topological polar surface area (TPSA) is 41.6 Å². The molecule has 2 rings (SSSR count). The van der Waals surface area contributed by atoms with Crippen LogP contribution in [0.15, 0.2) is 16.8 Å². The van der Waals surface area contributed by atoms with Crippen molar-refractivity contribution in [1.82, 2.24) is 10.2 Å². The molecule has 1 aromatic rings. The Kier molecular flexibility index (Phi) is 4.15. The third-order valence-corrected chi connectivity index (χ3v) is 3.60. The number of thiophene rings is 1. The second kappa shape index (κ2) is 5.62. The molecule has 1 aromatic heterocycles. The summed E-state index contributed by atoms with van der Waals surface area (Å²) in [5, 5.41) is 7.37. The molecule has 4 nitrogen and oxygen atoms in total. The average molecular weight is 254 g/mol. The van der Waals surface area contributed by atoms with Gasteiger partial charge in [-0.15, -0.1) is 0 Å². The van der Waals surface area contributed by atoms with Crippen molar-refractivity contribution in [2.75, 3.05) is 26.8 Å². The molecule has 5 heteroatoms. The van der Waals surface area contributed by atoms with Gasteiger partial charge in [0.1, 0.15) is 6.17 Å². The zero-order valence-corrected chi connectivity index (χ0v) is 11.0. The summed E-state index contributed by atoms with van der Waals surface area (Å²) in [6, 6.07) is 2.06. The lowest BCUT2D eigenvalue weighted by molar-refractivity contribution is -0.128. The highest BCUT2D eigenvalue weighted by atomic mass is 32.1. The molecule has 1 amide bonds. The summed E-state index contributed by atoms with van der Waals surface area (Å²) in [5.41, 5.74) is 1.17. The largest absolute Gasteiger partial charge is 0.384 e. The second-order valence-electron chi connectivity index (χ2n) is 4.45. The molecule has 2 unspecified atom stereocenters. The maximum absolute atomic E-state index is 11.8. The smallest absolute Gasteiger partial charge is 0.238 e. The van der Waals surface area contributed by atoms with Crippen LogP contribution in [0.4, 0.5) is 0 Å². The van der Waals surface area contributed by atoms with Crippen molar-refractivity contribution in [3.8, 4) is 0 Å². The van der Waals surface area contributed by atoms with E-state index in [2.05, 4.69) is 23.7 Å². The van der Waals surface area contributed by atoms with Gasteiger partial charge in [-0.25, -0.2) is 0 Å². The zero-order valence-electron chi connectivity index (χ0n) is 10.2. The van der Waals surface area contributed by atoms with Crippen molar-refractivity contribution >= 4 is 17.2 Å². The normalized spacial score (nSPS) is 22.1. The SMILES string of the molecule is COCC(C)CN1C(=O)CNC1c1ccsc1. The highest BCUT2D eigenvalue weighted by molar-refractivity contribution is 7.07. The molecular weight excluding hydrogens is 236 g/mol. The van der Waals surface area contributed by atoms with Crippen LogP contribution < -0.4 is 5.32 Å². The second-order valence-corrected chi connectivity index (χ2v) is 5.23. The molecule has 2 heterocycles. The molecule has 0 spiro atoms. The van der Waals surface area contributed by atoms with E-state index in [0.717, 1.165) is 6.54 Å². The average Bonchev–Trinajstić information content (AvgIpc) is 2.90. The summed E-state index contributed by atoms with van der Waals surface area (Å²) in [5.74, 6) is 0.522. The summed E-state index contributed by atoms with van der Waals surface area (Å²) in [7, 11) is 1.69. The molecular formula is C12H18N2O2S. The van der Waals surface area contributed by atoms with Crippen LogP contribution in [0, 0.1) is 5.92 Å². The molecule has 1 fully saturated rings. The Morgan fingerprint density at radius 3 is 3.18 bits per heavy atom. The van der Waals surface area contributed by atoms with Crippen molar-refractivity contribution in [3.05, 3.63) is 22.4 Å². The molecule has 1 aliphatic heterocycles. The van der Waals surface area contributed by atoms with Gasteiger partial charge in [-0.1, -0.05) is 6.92 Å². The first-order chi connectivity index (χ1) is 8.22. The minimum Gasteiger partial charge on any atom is -0.384 e. The van der Waals surface area contributed by atoms with Crippen LogP contribution in [-0.4, -0.2) is 37.6 Å². The van der Waals surface area contributed by atoms with Gasteiger partial charge in [0, 0.05) is 13.7 Å². The first-order valence-corrected chi connectivity index (χ1v) is 6.70. The Bertz CT molecular complexity index is 367. The van der Waals surface area contributed by atoms with Gasteiger partial charge in [-0.05, 0) is 28.3 Å². The molecule has 0 bridgehead atoms. The third kappa shape index (κ3) is 2.86. The predicted molar refractivity (Wildman–Crippen MR) is 67.8 cm³/mol. The first kappa shape index (κ1) is 12.5. The van der Waals surface area contributed by atoms with Gasteiger partial charge < -0.3 is 9.64 Å². The van der Waals surface area contributed by atoms with E-state index >= 15 is 0 Å². The van der Waals surface area contributed by atoms with Gasteiger partial charge in [-0.2, -0.15) is 11.3 Å². The number of nitrogens with zero attached hydrogens (tertiary/aromatic N) is 1. The van der Waals surface area contributed by atoms with Crippen LogP contribution in [0.2, 0.25) is 0 Å². The van der Waals surface area contributed by atoms with E-state index in [0.29, 0.717) is 19.1 Å². The summed E-state index contributed by atoms with van der Waals surface area (Å²) in [4.78, 5) is 13.8. The summed E-state index contributed by atoms with van der Waals surface area (Å²) >= 11 is 1.66. The van der Waals surface area contributed by atoms with Gasteiger partial charge in [0.25, 0.3) is 0 Å². The van der Waals surface area contributed by atoms with Gasteiger partial charge in [0.2, 0.25) is 5.91 Å². The molecule has 2 atom stereocenters. The molecule has 0 aliphatic carbocycles. The van der Waals surface area contributed by atoms with E-state index in [4.69, 9.17) is 4.74 Å². The van der Waals surface area contributed by atoms with Gasteiger partial charge >= 0.3 is 0 Å². The predicted octanol–water partition coefficient (Wildman–Crippen LogP) is 1.46. The van der Waals surface area contributed by atoms with E-state index in [1.54, 1.807) is 18.4 Å². The number of hydrogen-bond acceptors (Lipinski definition) is 4. The number of nitrogens with one attached hydrogen (secondary N) is 1. The lowest BCUT2D eigenvalue weighted by Gasteiger charge is -2.26. The number of amides is 1. The monoisotopic (exact) mass is 254 g/mol. The van der Waals surface area contributed by atoms with E-state index in [9.17, 15) is 4.79 Å². The number of carbonyl (C=O) groups excluding carboxylic acids is 1. The number of ether oxygens (including phenoxy) is 1. The molecule has 17 heavy (non-hydrogen) atoms. The Morgan fingerprint density at radius 2 is 2.53 bits per heavy atom. The summed E-state index contributed by atoms with van der Waals surface area (Å²) in [6.07, 6.45) is 0.0352. The van der Waals surface area contributed by atoms with Crippen LogP contribution in [0.3, 0.4) is 0 Å². The Labute approximate surface area is 106 Å². The molecule has 1 saturated heterocycles. The molecule has 1 N–H and O–H groups in total. The standard InChI is InChI=1S/C12H18N2O2S/c1-9(7-16-2)6-14-11(15)5-13-12(14)10-3-4-17-8-10/h3-4,8-9,12-13H,5-7H2,1-2H3. The van der Waals surface area contributed by atoms with E-state index in [-0.39, 0.29) is 12.1 Å². The maximum Gasteiger partial charge on any atom is 0.238 e. The third-order valence-electron chi connectivity index (χ3n) is 2.90. The lowest BCUT2D eigenvalue weighted by Crippen LogP contribution is -2.35. The Hall–Kier alpha value is -0.910. The fourth-order valence-electron chi connectivity index (χ4n) is 2.15. The van der Waals surface area contributed by atoms with Crippen molar-refractivity contribution < 1.29 is 9.53 Å². The van der Waals surface area contributed by atoms with Crippen LogP contribution in [0.1, 0.15) is 18.7 Å². The maximum atomic E-state index is 11.8. The minimum atomic E-state index is 0.0352. The van der Waals surface area contributed by atoms with E-state index in [1.807, 2.05) is 10.3 Å². The van der Waals surface area contributed by atoms with Crippen LogP contribution in [0.5, 0.6) is 0 Å². The number of hydrogen-bond donors (Lipinski definition) is 1. The number of methoxy groups -OCH3 is 1. The zero-order chi connectivity index (χ0) is 12.3. The van der Waals surface area contributed by atoms with Crippen LogP contribution in [0.25, 0.3) is 0 Å². The fraction of sp³-hybridized carbons (Fsp3) is 0.583. The van der Waals surface area contributed by atoms with Gasteiger partial charge in [0.15, 0.2) is 0 Å². The van der Waals surface area contributed by atoms with Gasteiger partial charge in [-0.3, -0.25) is 10.1 Å². The highest BCUT2D eigenvalue weighted by Gasteiger charge is 2.32. The van der Waals surface area contributed by atoms with E-state index < -0.39 is 0 Å². The Morgan fingerprint density at radius 1 is 1.71 bits per heavy atom. The fourth-order valence-corrected chi connectivity index (χ4v) is 2.83. The highest BCUT2D eigenvalue weighted by Crippen LogP contribution is 2.25. The molecule has 1 aliphatic rings. The summed E-state index contributed by atoms with van der Waals surface area (Å²) in [6.45, 7) is 3.94.